The first-order chi connectivity index (χ1) is 16.6. The van der Waals surface area contributed by atoms with Crippen LogP contribution in [0.3, 0.4) is 0 Å². The molecule has 0 bridgehead atoms. The molecule has 0 saturated carbocycles. The van der Waals surface area contributed by atoms with Gasteiger partial charge < -0.3 is 14.5 Å². The summed E-state index contributed by atoms with van der Waals surface area (Å²) in [4.78, 5) is 35.1. The molecule has 0 spiro atoms. The van der Waals surface area contributed by atoms with Gasteiger partial charge in [0.25, 0.3) is 11.5 Å². The summed E-state index contributed by atoms with van der Waals surface area (Å²) in [5, 5.41) is 0.585. The molecule has 7 nitrogen and oxygen atoms in total. The lowest BCUT2D eigenvalue weighted by Crippen LogP contribution is -2.36. The lowest BCUT2D eigenvalue weighted by atomic mass is 10.1. The Kier molecular flexibility index (Phi) is 6.63. The summed E-state index contributed by atoms with van der Waals surface area (Å²) < 4.78 is 7.26. The fourth-order valence-corrected chi connectivity index (χ4v) is 4.93. The number of morpholine rings is 1. The number of amides is 1. The van der Waals surface area contributed by atoms with Gasteiger partial charge in [-0.05, 0) is 48.7 Å². The zero-order valence-electron chi connectivity index (χ0n) is 19.8. The number of fused-ring (bicyclic) bond motifs is 2. The summed E-state index contributed by atoms with van der Waals surface area (Å²) in [6.07, 6.45) is 5.19. The zero-order valence-corrected chi connectivity index (χ0v) is 19.8. The Morgan fingerprint density at radius 3 is 2.56 bits per heavy atom. The van der Waals surface area contributed by atoms with Crippen molar-refractivity contribution in [2.45, 2.75) is 45.2 Å². The van der Waals surface area contributed by atoms with E-state index in [1.807, 2.05) is 11.6 Å². The first-order valence-electron chi connectivity index (χ1n) is 12.3. The van der Waals surface area contributed by atoms with E-state index in [1.54, 1.807) is 23.1 Å². The van der Waals surface area contributed by atoms with Crippen molar-refractivity contribution in [2.24, 2.45) is 0 Å². The molecule has 178 valence electrons. The molecule has 3 aromatic rings. The second-order valence-electron chi connectivity index (χ2n) is 9.31. The minimum absolute atomic E-state index is 0.00890. The number of aryl methyl sites for hydroxylation is 1. The molecule has 3 heterocycles. The third-order valence-electron chi connectivity index (χ3n) is 6.89. The van der Waals surface area contributed by atoms with Crippen LogP contribution in [0.2, 0.25) is 0 Å². The summed E-state index contributed by atoms with van der Waals surface area (Å²) in [6.45, 7) is 4.57. The molecule has 1 fully saturated rings. The van der Waals surface area contributed by atoms with E-state index >= 15 is 0 Å². The van der Waals surface area contributed by atoms with Crippen molar-refractivity contribution in [1.82, 2.24) is 14.5 Å². The number of benzene rings is 2. The number of carbonyl (C=O) groups is 1. The van der Waals surface area contributed by atoms with E-state index in [0.717, 1.165) is 69.9 Å². The minimum atomic E-state index is -0.0761. The van der Waals surface area contributed by atoms with Gasteiger partial charge in [-0.2, -0.15) is 0 Å². The van der Waals surface area contributed by atoms with Gasteiger partial charge in [-0.3, -0.25) is 14.2 Å². The Bertz CT molecular complexity index is 1230. The van der Waals surface area contributed by atoms with E-state index in [-0.39, 0.29) is 11.5 Å². The molecule has 1 saturated heterocycles. The molecule has 34 heavy (non-hydrogen) atoms. The van der Waals surface area contributed by atoms with Crippen LogP contribution >= 0.6 is 0 Å². The lowest BCUT2D eigenvalue weighted by Gasteiger charge is -2.29. The maximum Gasteiger partial charge on any atom is 0.261 e. The Morgan fingerprint density at radius 2 is 1.76 bits per heavy atom. The molecule has 0 N–H and O–H groups in total. The molecule has 0 radical (unpaired) electrons. The topological polar surface area (TPSA) is 67.7 Å². The number of aromatic nitrogens is 2. The summed E-state index contributed by atoms with van der Waals surface area (Å²) >= 11 is 0. The van der Waals surface area contributed by atoms with E-state index in [0.29, 0.717) is 23.0 Å². The third kappa shape index (κ3) is 4.71. The fourth-order valence-electron chi connectivity index (χ4n) is 4.93. The number of anilines is 1. The van der Waals surface area contributed by atoms with Gasteiger partial charge in [0.05, 0.1) is 24.1 Å². The van der Waals surface area contributed by atoms with Crippen molar-refractivity contribution in [3.63, 3.8) is 0 Å². The number of hydrogen-bond acceptors (Lipinski definition) is 5. The maximum atomic E-state index is 13.2. The standard InChI is InChI=1S/C27H32N4O3/c1-29(19-20-7-10-22(11-8-20)30-14-16-34-17-15-30)26(32)21-9-12-23-24(18-21)28-25-6-4-2-3-5-13-31(25)27(23)33/h7-12,18H,2-6,13-17,19H2,1H3. The van der Waals surface area contributed by atoms with Crippen LogP contribution in [0.4, 0.5) is 5.69 Å². The number of nitrogens with zero attached hydrogens (tertiary/aromatic N) is 4. The van der Waals surface area contributed by atoms with Gasteiger partial charge in [-0.15, -0.1) is 0 Å². The number of hydrogen-bond donors (Lipinski definition) is 0. The van der Waals surface area contributed by atoms with Crippen LogP contribution < -0.4 is 10.5 Å². The molecular formula is C27H32N4O3. The van der Waals surface area contributed by atoms with Gasteiger partial charge in [0.15, 0.2) is 0 Å². The number of carbonyl (C=O) groups excluding carboxylic acids is 1. The van der Waals surface area contributed by atoms with Crippen LogP contribution in [0.15, 0.2) is 47.3 Å². The van der Waals surface area contributed by atoms with Crippen molar-refractivity contribution >= 4 is 22.5 Å². The van der Waals surface area contributed by atoms with Crippen molar-refractivity contribution in [2.75, 3.05) is 38.3 Å². The third-order valence-corrected chi connectivity index (χ3v) is 6.89. The van der Waals surface area contributed by atoms with Crippen LogP contribution in [-0.4, -0.2) is 53.7 Å². The van der Waals surface area contributed by atoms with Crippen molar-refractivity contribution in [3.05, 3.63) is 69.8 Å². The lowest BCUT2D eigenvalue weighted by molar-refractivity contribution is 0.0785. The summed E-state index contributed by atoms with van der Waals surface area (Å²) in [5.74, 6) is 0.767. The number of rotatable bonds is 4. The first-order valence-corrected chi connectivity index (χ1v) is 12.3. The quantitative estimate of drug-likeness (QED) is 0.595. The molecule has 0 unspecified atom stereocenters. The van der Waals surface area contributed by atoms with Gasteiger partial charge >= 0.3 is 0 Å². The highest BCUT2D eigenvalue weighted by Gasteiger charge is 2.17. The van der Waals surface area contributed by atoms with E-state index in [1.165, 1.54) is 12.1 Å². The van der Waals surface area contributed by atoms with E-state index in [9.17, 15) is 9.59 Å². The van der Waals surface area contributed by atoms with Crippen LogP contribution in [0, 0.1) is 0 Å². The Hall–Kier alpha value is -3.19. The largest absolute Gasteiger partial charge is 0.378 e. The molecule has 2 aliphatic rings. The molecule has 5 rings (SSSR count). The highest BCUT2D eigenvalue weighted by molar-refractivity contribution is 5.97. The fraction of sp³-hybridized carbons (Fsp3) is 0.444. The molecular weight excluding hydrogens is 428 g/mol. The van der Waals surface area contributed by atoms with Gasteiger partial charge in [0, 0.05) is 50.9 Å². The highest BCUT2D eigenvalue weighted by atomic mass is 16.5. The molecule has 1 amide bonds. The Balaban J connectivity index is 1.33. The van der Waals surface area contributed by atoms with Crippen molar-refractivity contribution < 1.29 is 9.53 Å². The molecule has 2 aromatic carbocycles. The number of ether oxygens (including phenoxy) is 1. The average Bonchev–Trinajstić information content (AvgIpc) is 2.85. The van der Waals surface area contributed by atoms with Crippen LogP contribution in [0.5, 0.6) is 0 Å². The van der Waals surface area contributed by atoms with Crippen molar-refractivity contribution in [3.8, 4) is 0 Å². The van der Waals surface area contributed by atoms with E-state index in [4.69, 9.17) is 9.72 Å². The SMILES string of the molecule is CN(Cc1ccc(N2CCOCC2)cc1)C(=O)c1ccc2c(=O)n3c(nc2c1)CCCCCC3. The van der Waals surface area contributed by atoms with E-state index < -0.39 is 0 Å². The van der Waals surface area contributed by atoms with Gasteiger partial charge in [0.1, 0.15) is 5.82 Å². The zero-order chi connectivity index (χ0) is 23.5. The monoisotopic (exact) mass is 460 g/mol. The first kappa shape index (κ1) is 22.6. The van der Waals surface area contributed by atoms with Gasteiger partial charge in [-0.1, -0.05) is 25.0 Å². The molecule has 1 aromatic heterocycles. The molecule has 7 heteroatoms. The smallest absolute Gasteiger partial charge is 0.261 e. The van der Waals surface area contributed by atoms with Crippen LogP contribution in [-0.2, 0) is 24.2 Å². The summed E-state index contributed by atoms with van der Waals surface area (Å²) in [7, 11) is 1.81. The molecule has 0 aliphatic carbocycles. The predicted octanol–water partition coefficient (Wildman–Crippen LogP) is 3.62. The van der Waals surface area contributed by atoms with Crippen molar-refractivity contribution in [1.29, 1.82) is 0 Å². The normalized spacial score (nSPS) is 16.6. The summed E-state index contributed by atoms with van der Waals surface area (Å²) in [5.41, 5.74) is 3.44. The van der Waals surface area contributed by atoms with Crippen LogP contribution in [0.1, 0.15) is 47.4 Å². The summed E-state index contributed by atoms with van der Waals surface area (Å²) in [6, 6.07) is 13.7. The van der Waals surface area contributed by atoms with E-state index in [2.05, 4.69) is 29.2 Å². The molecule has 0 atom stereocenters. The molecule has 2 aliphatic heterocycles. The second-order valence-corrected chi connectivity index (χ2v) is 9.31. The Morgan fingerprint density at radius 1 is 1.00 bits per heavy atom. The average molecular weight is 461 g/mol. The van der Waals surface area contributed by atoms with Gasteiger partial charge in [-0.25, -0.2) is 4.98 Å². The van der Waals surface area contributed by atoms with Gasteiger partial charge in [0.2, 0.25) is 0 Å². The predicted molar refractivity (Wildman–Crippen MR) is 133 cm³/mol. The van der Waals surface area contributed by atoms with Crippen LogP contribution in [0.25, 0.3) is 10.9 Å². The maximum absolute atomic E-state index is 13.2. The highest BCUT2D eigenvalue weighted by Crippen LogP contribution is 2.20. The minimum Gasteiger partial charge on any atom is -0.378 e. The second kappa shape index (κ2) is 9.97. The Labute approximate surface area is 200 Å².